The van der Waals surface area contributed by atoms with E-state index in [0.29, 0.717) is 11.6 Å². The molecule has 1 heterocycles. The molecule has 0 saturated heterocycles. The van der Waals surface area contributed by atoms with Gasteiger partial charge in [0.2, 0.25) is 5.88 Å². The molecule has 4 nitrogen and oxygen atoms in total. The van der Waals surface area contributed by atoms with Crippen LogP contribution in [-0.2, 0) is 19.4 Å². The van der Waals surface area contributed by atoms with Gasteiger partial charge in [0.15, 0.2) is 0 Å². The average Bonchev–Trinajstić information content (AvgIpc) is 2.48. The van der Waals surface area contributed by atoms with Gasteiger partial charge in [-0.05, 0) is 48.9 Å². The van der Waals surface area contributed by atoms with Crippen molar-refractivity contribution in [2.75, 3.05) is 0 Å². The quantitative estimate of drug-likeness (QED) is 0.917. The second-order valence-electron chi connectivity index (χ2n) is 4.74. The fourth-order valence-electron chi connectivity index (χ4n) is 2.37. The molecule has 3 rings (SSSR count). The van der Waals surface area contributed by atoms with Crippen molar-refractivity contribution in [3.8, 4) is 11.6 Å². The number of aromatic nitrogens is 2. The lowest BCUT2D eigenvalue weighted by Crippen LogP contribution is -2.02. The standard InChI is InChI=1S/C15H16N2O2/c18-10-13-8-17-15(9-16-13)19-14-6-5-11-3-1-2-4-12(11)7-14/h5-9,18H,1-4,10H2. The first-order chi connectivity index (χ1) is 9.35. The maximum Gasteiger partial charge on any atom is 0.237 e. The summed E-state index contributed by atoms with van der Waals surface area (Å²) in [6, 6.07) is 6.21. The van der Waals surface area contributed by atoms with Gasteiger partial charge < -0.3 is 9.84 Å². The molecule has 0 saturated carbocycles. The first-order valence-corrected chi connectivity index (χ1v) is 6.56. The predicted molar refractivity (Wildman–Crippen MR) is 71.1 cm³/mol. The first-order valence-electron chi connectivity index (χ1n) is 6.56. The molecular formula is C15H16N2O2. The third kappa shape index (κ3) is 2.74. The monoisotopic (exact) mass is 256 g/mol. The second kappa shape index (κ2) is 5.36. The third-order valence-electron chi connectivity index (χ3n) is 3.39. The minimum absolute atomic E-state index is 0.105. The molecule has 0 amide bonds. The normalized spacial score (nSPS) is 13.9. The Labute approximate surface area is 112 Å². The topological polar surface area (TPSA) is 55.2 Å². The molecule has 2 aromatic rings. The fourth-order valence-corrected chi connectivity index (χ4v) is 2.37. The number of benzene rings is 1. The van der Waals surface area contributed by atoms with Crippen LogP contribution in [0.4, 0.5) is 0 Å². The van der Waals surface area contributed by atoms with Crippen LogP contribution in [-0.4, -0.2) is 15.1 Å². The molecule has 0 unspecified atom stereocenters. The summed E-state index contributed by atoms with van der Waals surface area (Å²) in [4.78, 5) is 8.16. The SMILES string of the molecule is OCc1cnc(Oc2ccc3c(c2)CCCC3)cn1. The zero-order valence-corrected chi connectivity index (χ0v) is 10.7. The van der Waals surface area contributed by atoms with Gasteiger partial charge in [0.1, 0.15) is 5.75 Å². The lowest BCUT2D eigenvalue weighted by Gasteiger charge is -2.16. The van der Waals surface area contributed by atoms with E-state index in [1.165, 1.54) is 42.8 Å². The Morgan fingerprint density at radius 2 is 1.89 bits per heavy atom. The van der Waals surface area contributed by atoms with E-state index in [0.717, 1.165) is 12.2 Å². The molecule has 1 N–H and O–H groups in total. The molecule has 4 heteroatoms. The average molecular weight is 256 g/mol. The highest BCUT2D eigenvalue weighted by molar-refractivity contribution is 5.38. The zero-order valence-electron chi connectivity index (χ0n) is 10.7. The van der Waals surface area contributed by atoms with E-state index in [4.69, 9.17) is 9.84 Å². The van der Waals surface area contributed by atoms with Crippen molar-refractivity contribution in [3.05, 3.63) is 47.4 Å². The van der Waals surface area contributed by atoms with Crippen LogP contribution in [0, 0.1) is 0 Å². The van der Waals surface area contributed by atoms with Crippen molar-refractivity contribution in [2.45, 2.75) is 32.3 Å². The van der Waals surface area contributed by atoms with E-state index in [2.05, 4.69) is 22.1 Å². The summed E-state index contributed by atoms with van der Waals surface area (Å²) >= 11 is 0. The van der Waals surface area contributed by atoms with Gasteiger partial charge in [-0.25, -0.2) is 4.98 Å². The number of hydrogen-bond donors (Lipinski definition) is 1. The van der Waals surface area contributed by atoms with Gasteiger partial charge in [-0.15, -0.1) is 0 Å². The number of rotatable bonds is 3. The van der Waals surface area contributed by atoms with Crippen molar-refractivity contribution < 1.29 is 9.84 Å². The van der Waals surface area contributed by atoms with Crippen LogP contribution in [0.3, 0.4) is 0 Å². The number of aliphatic hydroxyl groups is 1. The summed E-state index contributed by atoms with van der Waals surface area (Å²) in [6.45, 7) is -0.105. The Morgan fingerprint density at radius 3 is 2.63 bits per heavy atom. The van der Waals surface area contributed by atoms with Gasteiger partial charge >= 0.3 is 0 Å². The molecule has 0 aliphatic heterocycles. The summed E-state index contributed by atoms with van der Waals surface area (Å²) < 4.78 is 5.69. The molecule has 1 aliphatic carbocycles. The maximum absolute atomic E-state index is 8.91. The number of aliphatic hydroxyl groups excluding tert-OH is 1. The minimum Gasteiger partial charge on any atom is -0.437 e. The van der Waals surface area contributed by atoms with E-state index >= 15 is 0 Å². The number of hydrogen-bond acceptors (Lipinski definition) is 4. The van der Waals surface area contributed by atoms with Crippen LogP contribution >= 0.6 is 0 Å². The summed E-state index contributed by atoms with van der Waals surface area (Å²) in [6.07, 6.45) is 7.88. The van der Waals surface area contributed by atoms with Gasteiger partial charge in [-0.2, -0.15) is 0 Å². The molecule has 0 fully saturated rings. The molecule has 1 aromatic heterocycles. The summed E-state index contributed by atoms with van der Waals surface area (Å²) in [5.41, 5.74) is 3.35. The fraction of sp³-hybridized carbons (Fsp3) is 0.333. The van der Waals surface area contributed by atoms with Crippen molar-refractivity contribution in [3.63, 3.8) is 0 Å². The Kier molecular flexibility index (Phi) is 3.42. The van der Waals surface area contributed by atoms with Crippen LogP contribution in [0.5, 0.6) is 11.6 Å². The van der Waals surface area contributed by atoms with Crippen molar-refractivity contribution in [2.24, 2.45) is 0 Å². The lowest BCUT2D eigenvalue weighted by molar-refractivity contribution is 0.276. The molecule has 0 bridgehead atoms. The van der Waals surface area contributed by atoms with Gasteiger partial charge in [0, 0.05) is 0 Å². The highest BCUT2D eigenvalue weighted by Gasteiger charge is 2.10. The highest BCUT2D eigenvalue weighted by atomic mass is 16.5. The smallest absolute Gasteiger partial charge is 0.237 e. The first kappa shape index (κ1) is 12.1. The molecule has 0 spiro atoms. The molecule has 19 heavy (non-hydrogen) atoms. The summed E-state index contributed by atoms with van der Waals surface area (Å²) in [7, 11) is 0. The van der Waals surface area contributed by atoms with Crippen molar-refractivity contribution >= 4 is 0 Å². The zero-order chi connectivity index (χ0) is 13.1. The molecule has 0 radical (unpaired) electrons. The summed E-state index contributed by atoms with van der Waals surface area (Å²) in [5.74, 6) is 1.25. The number of aryl methyl sites for hydroxylation is 2. The van der Waals surface area contributed by atoms with Gasteiger partial charge in [0.05, 0.1) is 24.7 Å². The van der Waals surface area contributed by atoms with E-state index in [1.807, 2.05) is 6.07 Å². The van der Waals surface area contributed by atoms with Crippen LogP contribution in [0.15, 0.2) is 30.6 Å². The molecule has 98 valence electrons. The third-order valence-corrected chi connectivity index (χ3v) is 3.39. The predicted octanol–water partition coefficient (Wildman–Crippen LogP) is 2.64. The Balaban J connectivity index is 1.78. The molecule has 1 aliphatic rings. The van der Waals surface area contributed by atoms with Gasteiger partial charge in [-0.3, -0.25) is 4.98 Å². The molecule has 1 aromatic carbocycles. The minimum atomic E-state index is -0.105. The largest absolute Gasteiger partial charge is 0.437 e. The van der Waals surface area contributed by atoms with Gasteiger partial charge in [-0.1, -0.05) is 6.07 Å². The maximum atomic E-state index is 8.91. The van der Waals surface area contributed by atoms with E-state index in [1.54, 1.807) is 0 Å². The Morgan fingerprint density at radius 1 is 1.05 bits per heavy atom. The van der Waals surface area contributed by atoms with Crippen LogP contribution in [0.2, 0.25) is 0 Å². The van der Waals surface area contributed by atoms with Crippen molar-refractivity contribution in [1.29, 1.82) is 0 Å². The number of nitrogens with zero attached hydrogens (tertiary/aromatic N) is 2. The Hall–Kier alpha value is -1.94. The van der Waals surface area contributed by atoms with Crippen LogP contribution < -0.4 is 4.74 Å². The van der Waals surface area contributed by atoms with Crippen molar-refractivity contribution in [1.82, 2.24) is 9.97 Å². The Bertz CT molecular complexity index is 567. The van der Waals surface area contributed by atoms with Crippen LogP contribution in [0.25, 0.3) is 0 Å². The second-order valence-corrected chi connectivity index (χ2v) is 4.74. The van der Waals surface area contributed by atoms with Crippen LogP contribution in [0.1, 0.15) is 29.7 Å². The highest BCUT2D eigenvalue weighted by Crippen LogP contribution is 2.27. The summed E-state index contributed by atoms with van der Waals surface area (Å²) in [5, 5.41) is 8.91. The van der Waals surface area contributed by atoms with Gasteiger partial charge in [0.25, 0.3) is 0 Å². The lowest BCUT2D eigenvalue weighted by atomic mass is 9.92. The molecule has 0 atom stereocenters. The molecular weight excluding hydrogens is 240 g/mol. The number of ether oxygens (including phenoxy) is 1. The van der Waals surface area contributed by atoms with E-state index in [9.17, 15) is 0 Å². The number of fused-ring (bicyclic) bond motifs is 1. The van der Waals surface area contributed by atoms with E-state index in [-0.39, 0.29) is 6.61 Å². The van der Waals surface area contributed by atoms with E-state index < -0.39 is 0 Å².